The molecule has 4 rings (SSSR count). The maximum absolute atomic E-state index is 6.13. The molecule has 1 fully saturated rings. The molecule has 3 aromatic rings. The number of piperazine rings is 1. The molecular formula is C26H30N2O2. The van der Waals surface area contributed by atoms with Crippen molar-refractivity contribution in [2.24, 2.45) is 0 Å². The molecule has 3 aromatic carbocycles. The van der Waals surface area contributed by atoms with Crippen LogP contribution in [0.3, 0.4) is 0 Å². The summed E-state index contributed by atoms with van der Waals surface area (Å²) in [6.07, 6.45) is 0. The highest BCUT2D eigenvalue weighted by Gasteiger charge is 2.18. The van der Waals surface area contributed by atoms with Gasteiger partial charge in [0.1, 0.15) is 24.7 Å². The zero-order chi connectivity index (χ0) is 20.6. The molecule has 0 radical (unpaired) electrons. The van der Waals surface area contributed by atoms with E-state index < -0.39 is 0 Å². The van der Waals surface area contributed by atoms with Crippen molar-refractivity contribution in [2.45, 2.75) is 32.7 Å². The molecule has 1 atom stereocenters. The standard InChI is InChI=1S/C26H30N2O2/c1-21-17-27-12-13-28(21)18-24-14-25(29-19-22-8-4-2-5-9-22)16-26(15-24)30-20-23-10-6-3-7-11-23/h2-11,14-16,21,27H,12-13,17-20H2,1H3/t21-/m1/s1. The Morgan fingerprint density at radius 3 is 1.90 bits per heavy atom. The maximum Gasteiger partial charge on any atom is 0.123 e. The molecule has 0 amide bonds. The lowest BCUT2D eigenvalue weighted by molar-refractivity contribution is 0.165. The minimum absolute atomic E-state index is 0.515. The topological polar surface area (TPSA) is 33.7 Å². The van der Waals surface area contributed by atoms with Crippen molar-refractivity contribution in [1.82, 2.24) is 10.2 Å². The average molecular weight is 403 g/mol. The summed E-state index contributed by atoms with van der Waals surface area (Å²) in [5.74, 6) is 1.70. The van der Waals surface area contributed by atoms with E-state index in [-0.39, 0.29) is 0 Å². The monoisotopic (exact) mass is 402 g/mol. The first-order chi connectivity index (χ1) is 14.8. The number of hydrogen-bond acceptors (Lipinski definition) is 4. The lowest BCUT2D eigenvalue weighted by atomic mass is 10.1. The van der Waals surface area contributed by atoms with Crippen LogP contribution >= 0.6 is 0 Å². The molecule has 0 unspecified atom stereocenters. The normalized spacial score (nSPS) is 16.9. The van der Waals surface area contributed by atoms with Gasteiger partial charge in [-0.3, -0.25) is 4.90 Å². The SMILES string of the molecule is C[C@@H]1CNCCN1Cc1cc(OCc2ccccc2)cc(OCc2ccccc2)c1. The zero-order valence-electron chi connectivity index (χ0n) is 17.6. The van der Waals surface area contributed by atoms with Gasteiger partial charge in [0.15, 0.2) is 0 Å². The summed E-state index contributed by atoms with van der Waals surface area (Å²) in [5, 5.41) is 3.46. The highest BCUT2D eigenvalue weighted by molar-refractivity contribution is 5.39. The number of benzene rings is 3. The van der Waals surface area contributed by atoms with Gasteiger partial charge in [0.2, 0.25) is 0 Å². The van der Waals surface area contributed by atoms with E-state index in [0.29, 0.717) is 19.3 Å². The van der Waals surface area contributed by atoms with E-state index in [1.54, 1.807) is 0 Å². The van der Waals surface area contributed by atoms with Crippen LogP contribution < -0.4 is 14.8 Å². The minimum Gasteiger partial charge on any atom is -0.489 e. The van der Waals surface area contributed by atoms with Crippen molar-refractivity contribution in [2.75, 3.05) is 19.6 Å². The molecule has 1 N–H and O–H groups in total. The largest absolute Gasteiger partial charge is 0.489 e. The zero-order valence-corrected chi connectivity index (χ0v) is 17.6. The Kier molecular flexibility index (Phi) is 7.01. The third-order valence-corrected chi connectivity index (χ3v) is 5.46. The highest BCUT2D eigenvalue weighted by atomic mass is 16.5. The van der Waals surface area contributed by atoms with E-state index in [1.807, 2.05) is 42.5 Å². The van der Waals surface area contributed by atoms with Gasteiger partial charge in [0.05, 0.1) is 0 Å². The van der Waals surface area contributed by atoms with Crippen LogP contribution in [0.1, 0.15) is 23.6 Å². The molecule has 1 aliphatic rings. The third kappa shape index (κ3) is 5.85. The number of nitrogens with zero attached hydrogens (tertiary/aromatic N) is 1. The van der Waals surface area contributed by atoms with Gasteiger partial charge in [-0.25, -0.2) is 0 Å². The predicted molar refractivity (Wildman–Crippen MR) is 121 cm³/mol. The van der Waals surface area contributed by atoms with Crippen LogP contribution in [-0.2, 0) is 19.8 Å². The van der Waals surface area contributed by atoms with Crippen LogP contribution in [0.5, 0.6) is 11.5 Å². The lowest BCUT2D eigenvalue weighted by Crippen LogP contribution is -2.49. The van der Waals surface area contributed by atoms with Gasteiger partial charge in [-0.05, 0) is 35.7 Å². The molecule has 4 nitrogen and oxygen atoms in total. The Balaban J connectivity index is 1.49. The second kappa shape index (κ2) is 10.3. The van der Waals surface area contributed by atoms with Gasteiger partial charge < -0.3 is 14.8 Å². The Bertz CT molecular complexity index is 853. The summed E-state index contributed by atoms with van der Waals surface area (Å²) in [6, 6.07) is 27.3. The van der Waals surface area contributed by atoms with Gasteiger partial charge in [-0.15, -0.1) is 0 Å². The Hall–Kier alpha value is -2.82. The van der Waals surface area contributed by atoms with E-state index >= 15 is 0 Å². The molecule has 0 aromatic heterocycles. The quantitative estimate of drug-likeness (QED) is 0.595. The van der Waals surface area contributed by atoms with Crippen LogP contribution in [0.15, 0.2) is 78.9 Å². The smallest absolute Gasteiger partial charge is 0.123 e. The van der Waals surface area contributed by atoms with Crippen LogP contribution in [0, 0.1) is 0 Å². The molecule has 1 heterocycles. The van der Waals surface area contributed by atoms with E-state index in [0.717, 1.165) is 48.8 Å². The summed E-state index contributed by atoms with van der Waals surface area (Å²) >= 11 is 0. The van der Waals surface area contributed by atoms with E-state index in [9.17, 15) is 0 Å². The number of ether oxygens (including phenoxy) is 2. The molecule has 30 heavy (non-hydrogen) atoms. The van der Waals surface area contributed by atoms with Gasteiger partial charge in [0, 0.05) is 38.3 Å². The third-order valence-electron chi connectivity index (χ3n) is 5.46. The van der Waals surface area contributed by atoms with Crippen molar-refractivity contribution < 1.29 is 9.47 Å². The van der Waals surface area contributed by atoms with Gasteiger partial charge in [-0.2, -0.15) is 0 Å². The van der Waals surface area contributed by atoms with Crippen molar-refractivity contribution in [3.8, 4) is 11.5 Å². The first-order valence-corrected chi connectivity index (χ1v) is 10.7. The Labute approximate surface area is 179 Å². The molecule has 0 aliphatic carbocycles. The fourth-order valence-electron chi connectivity index (χ4n) is 3.72. The Morgan fingerprint density at radius 1 is 0.800 bits per heavy atom. The highest BCUT2D eigenvalue weighted by Crippen LogP contribution is 2.26. The van der Waals surface area contributed by atoms with Crippen molar-refractivity contribution in [3.63, 3.8) is 0 Å². The minimum atomic E-state index is 0.515. The van der Waals surface area contributed by atoms with E-state index in [4.69, 9.17) is 9.47 Å². The summed E-state index contributed by atoms with van der Waals surface area (Å²) in [5.41, 5.74) is 3.54. The molecule has 0 saturated carbocycles. The molecule has 1 saturated heterocycles. The fraction of sp³-hybridized carbons (Fsp3) is 0.308. The molecular weight excluding hydrogens is 372 g/mol. The summed E-state index contributed by atoms with van der Waals surface area (Å²) in [6.45, 7) is 7.38. The van der Waals surface area contributed by atoms with Crippen LogP contribution in [-0.4, -0.2) is 30.6 Å². The average Bonchev–Trinajstić information content (AvgIpc) is 2.79. The second-order valence-corrected chi connectivity index (χ2v) is 7.88. The van der Waals surface area contributed by atoms with Gasteiger partial charge in [0.25, 0.3) is 0 Å². The van der Waals surface area contributed by atoms with Crippen LogP contribution in [0.25, 0.3) is 0 Å². The first-order valence-electron chi connectivity index (χ1n) is 10.7. The van der Waals surface area contributed by atoms with E-state index in [2.05, 4.69) is 53.5 Å². The van der Waals surface area contributed by atoms with Crippen molar-refractivity contribution in [3.05, 3.63) is 95.6 Å². The molecule has 1 aliphatic heterocycles. The van der Waals surface area contributed by atoms with E-state index in [1.165, 1.54) is 5.56 Å². The molecule has 156 valence electrons. The lowest BCUT2D eigenvalue weighted by Gasteiger charge is -2.34. The second-order valence-electron chi connectivity index (χ2n) is 7.88. The molecule has 0 spiro atoms. The van der Waals surface area contributed by atoms with Crippen molar-refractivity contribution in [1.29, 1.82) is 0 Å². The maximum atomic E-state index is 6.13. The fourth-order valence-corrected chi connectivity index (χ4v) is 3.72. The number of nitrogens with one attached hydrogen (secondary N) is 1. The summed E-state index contributed by atoms with van der Waals surface area (Å²) in [7, 11) is 0. The predicted octanol–water partition coefficient (Wildman–Crippen LogP) is 4.64. The van der Waals surface area contributed by atoms with Crippen molar-refractivity contribution >= 4 is 0 Å². The summed E-state index contributed by atoms with van der Waals surface area (Å²) < 4.78 is 12.3. The molecule has 4 heteroatoms. The Morgan fingerprint density at radius 2 is 1.37 bits per heavy atom. The summed E-state index contributed by atoms with van der Waals surface area (Å²) in [4.78, 5) is 2.51. The van der Waals surface area contributed by atoms with Gasteiger partial charge >= 0.3 is 0 Å². The van der Waals surface area contributed by atoms with Crippen LogP contribution in [0.4, 0.5) is 0 Å². The molecule has 0 bridgehead atoms. The van der Waals surface area contributed by atoms with Gasteiger partial charge in [-0.1, -0.05) is 60.7 Å². The number of rotatable bonds is 8. The first kappa shape index (κ1) is 20.5. The van der Waals surface area contributed by atoms with Crippen LogP contribution in [0.2, 0.25) is 0 Å². The number of hydrogen-bond donors (Lipinski definition) is 1.